The van der Waals surface area contributed by atoms with Gasteiger partial charge >= 0.3 is 5.97 Å². The molecule has 0 atom stereocenters. The molecule has 0 aliphatic carbocycles. The van der Waals surface area contributed by atoms with Gasteiger partial charge in [0, 0.05) is 11.6 Å². The van der Waals surface area contributed by atoms with Crippen molar-refractivity contribution in [1.82, 2.24) is 0 Å². The molecule has 0 aromatic heterocycles. The second-order valence-corrected chi connectivity index (χ2v) is 6.40. The molecule has 0 saturated carbocycles. The summed E-state index contributed by atoms with van der Waals surface area (Å²) in [6, 6.07) is 9.30. The molecule has 0 unspecified atom stereocenters. The summed E-state index contributed by atoms with van der Waals surface area (Å²) >= 11 is 0. The van der Waals surface area contributed by atoms with Gasteiger partial charge in [0.15, 0.2) is 12.4 Å². The molecule has 3 rings (SSSR count). The average Bonchev–Trinajstić information content (AvgIpc) is 2.91. The van der Waals surface area contributed by atoms with E-state index in [-0.39, 0.29) is 29.8 Å². The van der Waals surface area contributed by atoms with E-state index in [4.69, 9.17) is 14.2 Å². The summed E-state index contributed by atoms with van der Waals surface area (Å²) in [6.07, 6.45) is 1.15. The van der Waals surface area contributed by atoms with Gasteiger partial charge in [0.1, 0.15) is 17.3 Å². The van der Waals surface area contributed by atoms with Crippen molar-refractivity contribution >= 4 is 17.8 Å². The summed E-state index contributed by atoms with van der Waals surface area (Å²) in [5, 5.41) is 0. The van der Waals surface area contributed by atoms with E-state index in [0.29, 0.717) is 22.6 Å². The second-order valence-electron chi connectivity index (χ2n) is 6.40. The molecular weight excluding hydrogens is 351 g/mol. The number of esters is 1. The Bertz CT molecular complexity index is 930. The lowest BCUT2D eigenvalue weighted by molar-refractivity contribution is -0.149. The lowest BCUT2D eigenvalue weighted by atomic mass is 10.0. The zero-order valence-electron chi connectivity index (χ0n) is 15.2. The van der Waals surface area contributed by atoms with E-state index in [1.165, 1.54) is 18.2 Å². The predicted octanol–water partition coefficient (Wildman–Crippen LogP) is 4.08. The van der Waals surface area contributed by atoms with Crippen LogP contribution >= 0.6 is 0 Å². The van der Waals surface area contributed by atoms with Gasteiger partial charge < -0.3 is 14.2 Å². The fraction of sp³-hybridized carbons (Fsp3) is 0.238. The molecule has 0 bridgehead atoms. The first-order chi connectivity index (χ1) is 12.8. The molecule has 27 heavy (non-hydrogen) atoms. The molecule has 0 radical (unpaired) electrons. The molecule has 1 aliphatic rings. The minimum absolute atomic E-state index is 0.0366. The van der Waals surface area contributed by atoms with Crippen molar-refractivity contribution in [3.63, 3.8) is 0 Å². The number of aryl methyl sites for hydroxylation is 1. The van der Waals surface area contributed by atoms with Crippen LogP contribution in [0.1, 0.15) is 35.3 Å². The van der Waals surface area contributed by atoms with Gasteiger partial charge in [-0.3, -0.25) is 4.79 Å². The van der Waals surface area contributed by atoms with Gasteiger partial charge in [0.25, 0.3) is 0 Å². The van der Waals surface area contributed by atoms with Gasteiger partial charge in [-0.2, -0.15) is 0 Å². The number of carbonyl (C=O) groups excluding carboxylic acids is 2. The Labute approximate surface area is 156 Å². The molecule has 2 aromatic carbocycles. The third-order valence-electron chi connectivity index (χ3n) is 3.86. The highest BCUT2D eigenvalue weighted by Gasteiger charge is 2.30. The SMILES string of the molecule is Cc1cc(OCC(=O)OC(C)C)cc2c1C(=O)/C(=C/c1ccccc1F)O2. The van der Waals surface area contributed by atoms with E-state index in [9.17, 15) is 14.0 Å². The van der Waals surface area contributed by atoms with E-state index < -0.39 is 11.8 Å². The molecule has 5 nitrogen and oxygen atoms in total. The predicted molar refractivity (Wildman–Crippen MR) is 97.2 cm³/mol. The zero-order valence-corrected chi connectivity index (χ0v) is 15.2. The van der Waals surface area contributed by atoms with Gasteiger partial charge in [-0.05, 0) is 44.5 Å². The summed E-state index contributed by atoms with van der Waals surface area (Å²) in [7, 11) is 0. The van der Waals surface area contributed by atoms with Crippen LogP contribution in [0.3, 0.4) is 0 Å². The number of halogens is 1. The van der Waals surface area contributed by atoms with Crippen molar-refractivity contribution in [3.8, 4) is 11.5 Å². The summed E-state index contributed by atoms with van der Waals surface area (Å²) in [6.45, 7) is 4.99. The first-order valence-electron chi connectivity index (χ1n) is 8.51. The number of hydrogen-bond acceptors (Lipinski definition) is 5. The smallest absolute Gasteiger partial charge is 0.344 e. The van der Waals surface area contributed by atoms with Crippen molar-refractivity contribution < 1.29 is 28.2 Å². The number of ketones is 1. The Hall–Kier alpha value is -3.15. The van der Waals surface area contributed by atoms with Crippen LogP contribution in [-0.4, -0.2) is 24.5 Å². The van der Waals surface area contributed by atoms with E-state index in [1.807, 2.05) is 0 Å². The Morgan fingerprint density at radius 1 is 1.26 bits per heavy atom. The van der Waals surface area contributed by atoms with Crippen LogP contribution in [0.15, 0.2) is 42.2 Å². The Balaban J connectivity index is 1.81. The Morgan fingerprint density at radius 3 is 2.70 bits per heavy atom. The molecule has 0 fully saturated rings. The van der Waals surface area contributed by atoms with Crippen molar-refractivity contribution in [2.24, 2.45) is 0 Å². The largest absolute Gasteiger partial charge is 0.482 e. The van der Waals surface area contributed by atoms with Gasteiger partial charge in [-0.1, -0.05) is 18.2 Å². The number of fused-ring (bicyclic) bond motifs is 1. The average molecular weight is 370 g/mol. The van der Waals surface area contributed by atoms with Gasteiger partial charge in [-0.25, -0.2) is 9.18 Å². The molecule has 0 spiro atoms. The van der Waals surface area contributed by atoms with E-state index >= 15 is 0 Å². The molecule has 1 heterocycles. The van der Waals surface area contributed by atoms with Gasteiger partial charge in [-0.15, -0.1) is 0 Å². The van der Waals surface area contributed by atoms with Crippen molar-refractivity contribution in [1.29, 1.82) is 0 Å². The maximum atomic E-state index is 13.8. The maximum absolute atomic E-state index is 13.8. The number of carbonyl (C=O) groups is 2. The van der Waals surface area contributed by atoms with E-state index in [1.54, 1.807) is 45.0 Å². The first kappa shape index (κ1) is 18.6. The summed E-state index contributed by atoms with van der Waals surface area (Å²) < 4.78 is 29.9. The Kier molecular flexibility index (Phi) is 5.26. The molecule has 2 aromatic rings. The number of rotatable bonds is 5. The highest BCUT2D eigenvalue weighted by atomic mass is 19.1. The summed E-state index contributed by atoms with van der Waals surface area (Å²) in [4.78, 5) is 24.2. The van der Waals surface area contributed by atoms with Crippen LogP contribution in [0.4, 0.5) is 4.39 Å². The van der Waals surface area contributed by atoms with E-state index in [0.717, 1.165) is 0 Å². The monoisotopic (exact) mass is 370 g/mol. The number of ether oxygens (including phenoxy) is 3. The van der Waals surface area contributed by atoms with Gasteiger partial charge in [0.2, 0.25) is 5.78 Å². The molecule has 0 saturated heterocycles. The molecule has 0 amide bonds. The Morgan fingerprint density at radius 2 is 2.00 bits per heavy atom. The third kappa shape index (κ3) is 4.16. The third-order valence-corrected chi connectivity index (χ3v) is 3.86. The number of benzene rings is 2. The van der Waals surface area contributed by atoms with Crippen LogP contribution < -0.4 is 9.47 Å². The quantitative estimate of drug-likeness (QED) is 0.586. The molecule has 140 valence electrons. The molecule has 0 N–H and O–H groups in total. The molecule has 6 heteroatoms. The highest BCUT2D eigenvalue weighted by Crippen LogP contribution is 2.37. The lowest BCUT2D eigenvalue weighted by Gasteiger charge is -2.10. The van der Waals surface area contributed by atoms with Crippen LogP contribution in [0, 0.1) is 12.7 Å². The van der Waals surface area contributed by atoms with Crippen LogP contribution in [0.25, 0.3) is 6.08 Å². The maximum Gasteiger partial charge on any atom is 0.344 e. The van der Waals surface area contributed by atoms with Crippen LogP contribution in [0.2, 0.25) is 0 Å². The normalized spacial score (nSPS) is 14.3. The highest BCUT2D eigenvalue weighted by molar-refractivity contribution is 6.15. The molecule has 1 aliphatic heterocycles. The minimum atomic E-state index is -0.486. The number of allylic oxidation sites excluding steroid dienone is 1. The standard InChI is InChI=1S/C21H19FO5/c1-12(2)26-19(23)11-25-15-8-13(3)20-17(10-15)27-18(21(20)24)9-14-6-4-5-7-16(14)22/h4-10,12H,11H2,1-3H3/b18-9-. The second kappa shape index (κ2) is 7.61. The van der Waals surface area contributed by atoms with Crippen molar-refractivity contribution in [3.05, 3.63) is 64.7 Å². The van der Waals surface area contributed by atoms with E-state index in [2.05, 4.69) is 0 Å². The summed E-state index contributed by atoms with van der Waals surface area (Å²) in [5.74, 6) is -0.519. The van der Waals surface area contributed by atoms with Gasteiger partial charge in [0.05, 0.1) is 11.7 Å². The fourth-order valence-corrected chi connectivity index (χ4v) is 2.73. The zero-order chi connectivity index (χ0) is 19.6. The number of hydrogen-bond donors (Lipinski definition) is 0. The first-order valence-corrected chi connectivity index (χ1v) is 8.51. The van der Waals surface area contributed by atoms with Crippen LogP contribution in [0.5, 0.6) is 11.5 Å². The number of Topliss-reactive ketones (excluding diaryl/α,β-unsaturated/α-hetero) is 1. The van der Waals surface area contributed by atoms with Crippen molar-refractivity contribution in [2.75, 3.05) is 6.61 Å². The van der Waals surface area contributed by atoms with Crippen LogP contribution in [-0.2, 0) is 9.53 Å². The topological polar surface area (TPSA) is 61.8 Å². The summed E-state index contributed by atoms with van der Waals surface area (Å²) in [5.41, 5.74) is 1.30. The lowest BCUT2D eigenvalue weighted by Crippen LogP contribution is -2.18. The molecular formula is C21H19FO5. The fourth-order valence-electron chi connectivity index (χ4n) is 2.73. The minimum Gasteiger partial charge on any atom is -0.482 e. The van der Waals surface area contributed by atoms with Crippen molar-refractivity contribution in [2.45, 2.75) is 26.9 Å².